The molecule has 1 aromatic rings. The first-order valence-electron chi connectivity index (χ1n) is 11.4. The maximum atomic E-state index is 13.0. The van der Waals surface area contributed by atoms with Crippen molar-refractivity contribution in [3.05, 3.63) is 28.8 Å². The Morgan fingerprint density at radius 2 is 1.65 bits per heavy atom. The van der Waals surface area contributed by atoms with Gasteiger partial charge in [-0.2, -0.15) is 4.31 Å². The number of rotatable bonds is 8. The molecule has 0 radical (unpaired) electrons. The van der Waals surface area contributed by atoms with Crippen molar-refractivity contribution in [3.63, 3.8) is 0 Å². The molecule has 3 rings (SSSR count). The minimum absolute atomic E-state index is 0.137. The molecule has 9 heteroatoms. The van der Waals surface area contributed by atoms with Crippen LogP contribution in [0, 0.1) is 0 Å². The Hall–Kier alpha value is -1.19. The van der Waals surface area contributed by atoms with Gasteiger partial charge in [0.05, 0.1) is 15.5 Å². The summed E-state index contributed by atoms with van der Waals surface area (Å²) in [5.74, 6) is -0.325. The van der Waals surface area contributed by atoms with Gasteiger partial charge in [-0.3, -0.25) is 4.79 Å². The van der Waals surface area contributed by atoms with Crippen molar-refractivity contribution in [1.82, 2.24) is 19.4 Å². The number of likely N-dealkylation sites (N-methyl/N-ethyl adjacent to an activating group) is 1. The fourth-order valence-electron chi connectivity index (χ4n) is 4.20. The number of carbonyl (C=O) groups excluding carboxylic acids is 1. The highest BCUT2D eigenvalue weighted by molar-refractivity contribution is 7.89. The van der Waals surface area contributed by atoms with Crippen molar-refractivity contribution >= 4 is 27.5 Å². The van der Waals surface area contributed by atoms with Crippen molar-refractivity contribution < 1.29 is 13.2 Å². The molecule has 31 heavy (non-hydrogen) atoms. The topological polar surface area (TPSA) is 73.0 Å². The predicted molar refractivity (Wildman–Crippen MR) is 124 cm³/mol. The zero-order valence-electron chi connectivity index (χ0n) is 18.5. The molecule has 2 heterocycles. The van der Waals surface area contributed by atoms with Crippen LogP contribution in [0.1, 0.15) is 49.4 Å². The van der Waals surface area contributed by atoms with E-state index >= 15 is 0 Å². The van der Waals surface area contributed by atoms with Gasteiger partial charge in [0, 0.05) is 45.8 Å². The number of sulfonamides is 1. The molecular weight excluding hydrogens is 436 g/mol. The largest absolute Gasteiger partial charge is 0.352 e. The van der Waals surface area contributed by atoms with E-state index in [9.17, 15) is 13.2 Å². The smallest absolute Gasteiger partial charge is 0.252 e. The lowest BCUT2D eigenvalue weighted by molar-refractivity contribution is 0.0948. The second kappa shape index (κ2) is 11.6. The van der Waals surface area contributed by atoms with E-state index in [1.165, 1.54) is 22.5 Å². The molecule has 0 atom stereocenters. The molecule has 2 aliphatic heterocycles. The minimum Gasteiger partial charge on any atom is -0.352 e. The molecule has 1 N–H and O–H groups in total. The van der Waals surface area contributed by atoms with E-state index in [4.69, 9.17) is 11.6 Å². The Balaban J connectivity index is 1.55. The summed E-state index contributed by atoms with van der Waals surface area (Å²) in [5.41, 5.74) is 0.217. The van der Waals surface area contributed by atoms with E-state index in [2.05, 4.69) is 22.0 Å². The van der Waals surface area contributed by atoms with E-state index in [-0.39, 0.29) is 21.4 Å². The zero-order valence-corrected chi connectivity index (χ0v) is 20.1. The normalized spacial score (nSPS) is 19.8. The molecule has 1 aromatic carbocycles. The number of hydrogen-bond donors (Lipinski definition) is 1. The van der Waals surface area contributed by atoms with Crippen LogP contribution in [0.25, 0.3) is 0 Å². The van der Waals surface area contributed by atoms with E-state index < -0.39 is 10.0 Å². The molecule has 0 spiro atoms. The van der Waals surface area contributed by atoms with Gasteiger partial charge in [-0.05, 0) is 50.6 Å². The molecule has 0 aromatic heterocycles. The second-order valence-electron chi connectivity index (χ2n) is 8.35. The number of carbonyl (C=O) groups is 1. The highest BCUT2D eigenvalue weighted by atomic mass is 35.5. The highest BCUT2D eigenvalue weighted by Gasteiger charge is 2.26. The first-order chi connectivity index (χ1) is 14.9. The number of nitrogens with zero attached hydrogens (tertiary/aromatic N) is 3. The Morgan fingerprint density at radius 3 is 2.29 bits per heavy atom. The SMILES string of the molecule is CCN1CCN(CCCNC(=O)c2cc(S(=O)(=O)N3CCCCCC3)ccc2Cl)CC1. The molecule has 0 unspecified atom stereocenters. The summed E-state index contributed by atoms with van der Waals surface area (Å²) in [6.45, 7) is 10.1. The maximum absolute atomic E-state index is 13.0. The van der Waals surface area contributed by atoms with Crippen molar-refractivity contribution in [2.24, 2.45) is 0 Å². The minimum atomic E-state index is -3.62. The average Bonchev–Trinajstić information content (AvgIpc) is 3.07. The quantitative estimate of drug-likeness (QED) is 0.591. The summed E-state index contributed by atoms with van der Waals surface area (Å²) in [7, 11) is -3.62. The Labute approximate surface area is 191 Å². The summed E-state index contributed by atoms with van der Waals surface area (Å²) in [4.78, 5) is 17.7. The maximum Gasteiger partial charge on any atom is 0.252 e. The molecule has 1 amide bonds. The third-order valence-electron chi connectivity index (χ3n) is 6.23. The van der Waals surface area contributed by atoms with Crippen LogP contribution in [-0.2, 0) is 10.0 Å². The summed E-state index contributed by atoms with van der Waals surface area (Å²) in [6, 6.07) is 4.42. The molecule has 2 saturated heterocycles. The van der Waals surface area contributed by atoms with Gasteiger partial charge in [0.2, 0.25) is 10.0 Å². The standard InChI is InChI=1S/C22H35ClN4O3S/c1-2-25-14-16-26(17-15-25)11-7-10-24-22(28)20-18-19(8-9-21(20)23)31(29,30)27-12-5-3-4-6-13-27/h8-9,18H,2-7,10-17H2,1H3,(H,24,28). The van der Waals surface area contributed by atoms with Crippen LogP contribution in [0.4, 0.5) is 0 Å². The van der Waals surface area contributed by atoms with Gasteiger partial charge in [-0.15, -0.1) is 0 Å². The van der Waals surface area contributed by atoms with Gasteiger partial charge in [-0.25, -0.2) is 8.42 Å². The lowest BCUT2D eigenvalue weighted by atomic mass is 10.2. The lowest BCUT2D eigenvalue weighted by Crippen LogP contribution is -2.46. The average molecular weight is 471 g/mol. The molecule has 0 aliphatic carbocycles. The van der Waals surface area contributed by atoms with Crippen LogP contribution in [0.5, 0.6) is 0 Å². The Bertz CT molecular complexity index is 833. The first kappa shape index (κ1) is 24.5. The van der Waals surface area contributed by atoms with Crippen LogP contribution in [0.3, 0.4) is 0 Å². The van der Waals surface area contributed by atoms with Crippen molar-refractivity contribution in [1.29, 1.82) is 0 Å². The van der Waals surface area contributed by atoms with E-state index in [1.54, 1.807) is 0 Å². The fraction of sp³-hybridized carbons (Fsp3) is 0.682. The van der Waals surface area contributed by atoms with Gasteiger partial charge >= 0.3 is 0 Å². The van der Waals surface area contributed by atoms with Gasteiger partial charge in [0.15, 0.2) is 0 Å². The molecular formula is C22H35ClN4O3S. The second-order valence-corrected chi connectivity index (χ2v) is 10.7. The van der Waals surface area contributed by atoms with Gasteiger partial charge < -0.3 is 15.1 Å². The number of halogens is 1. The molecule has 174 valence electrons. The van der Waals surface area contributed by atoms with E-state index in [1.807, 2.05) is 0 Å². The van der Waals surface area contributed by atoms with Crippen molar-refractivity contribution in [3.8, 4) is 0 Å². The van der Waals surface area contributed by atoms with E-state index in [0.29, 0.717) is 19.6 Å². The predicted octanol–water partition coefficient (Wildman–Crippen LogP) is 2.66. The van der Waals surface area contributed by atoms with E-state index in [0.717, 1.165) is 71.4 Å². The van der Waals surface area contributed by atoms with Crippen LogP contribution in [0.2, 0.25) is 5.02 Å². The van der Waals surface area contributed by atoms with Crippen LogP contribution in [-0.4, -0.2) is 87.3 Å². The number of nitrogens with one attached hydrogen (secondary N) is 1. The third kappa shape index (κ3) is 6.65. The lowest BCUT2D eigenvalue weighted by Gasteiger charge is -2.33. The number of amides is 1. The van der Waals surface area contributed by atoms with Crippen molar-refractivity contribution in [2.75, 3.05) is 58.9 Å². The van der Waals surface area contributed by atoms with Crippen LogP contribution in [0.15, 0.2) is 23.1 Å². The fourth-order valence-corrected chi connectivity index (χ4v) is 5.95. The number of piperazine rings is 1. The first-order valence-corrected chi connectivity index (χ1v) is 13.3. The van der Waals surface area contributed by atoms with Crippen LogP contribution < -0.4 is 5.32 Å². The van der Waals surface area contributed by atoms with Gasteiger partial charge in [-0.1, -0.05) is 31.4 Å². The molecule has 2 fully saturated rings. The van der Waals surface area contributed by atoms with Gasteiger partial charge in [0.1, 0.15) is 0 Å². The molecule has 7 nitrogen and oxygen atoms in total. The molecule has 2 aliphatic rings. The summed E-state index contributed by atoms with van der Waals surface area (Å²) >= 11 is 6.23. The summed E-state index contributed by atoms with van der Waals surface area (Å²) in [6.07, 6.45) is 4.69. The number of hydrogen-bond acceptors (Lipinski definition) is 5. The zero-order chi connectivity index (χ0) is 22.3. The van der Waals surface area contributed by atoms with Gasteiger partial charge in [0.25, 0.3) is 5.91 Å². The Kier molecular flexibility index (Phi) is 9.16. The highest BCUT2D eigenvalue weighted by Crippen LogP contribution is 2.25. The third-order valence-corrected chi connectivity index (χ3v) is 8.46. The van der Waals surface area contributed by atoms with Crippen molar-refractivity contribution in [2.45, 2.75) is 43.9 Å². The Morgan fingerprint density at radius 1 is 1.00 bits per heavy atom. The van der Waals surface area contributed by atoms with Crippen LogP contribution >= 0.6 is 11.6 Å². The monoisotopic (exact) mass is 470 g/mol. The summed E-state index contributed by atoms with van der Waals surface area (Å²) in [5, 5.41) is 3.17. The molecule has 0 saturated carbocycles. The number of benzene rings is 1. The summed E-state index contributed by atoms with van der Waals surface area (Å²) < 4.78 is 27.6. The molecule has 0 bridgehead atoms.